The van der Waals surface area contributed by atoms with Gasteiger partial charge in [0, 0.05) is 62.1 Å². The van der Waals surface area contributed by atoms with E-state index in [1.54, 1.807) is 0 Å². The molecule has 4 N–H and O–H groups in total. The first kappa shape index (κ1) is 80.9. The van der Waals surface area contributed by atoms with Gasteiger partial charge in [-0.1, -0.05) is 251 Å². The van der Waals surface area contributed by atoms with Crippen molar-refractivity contribution in [1.29, 1.82) is 0 Å². The lowest BCUT2D eigenvalue weighted by molar-refractivity contribution is -0.174. The normalized spacial score (nSPS) is 19.6. The number of carbonyl (C=O) groups is 3. The molecule has 2 bridgehead atoms. The van der Waals surface area contributed by atoms with E-state index in [2.05, 4.69) is 165 Å². The highest BCUT2D eigenvalue weighted by molar-refractivity contribution is 5.91. The summed E-state index contributed by atoms with van der Waals surface area (Å²) in [5.41, 5.74) is 16.3. The van der Waals surface area contributed by atoms with Gasteiger partial charge < -0.3 is 35.1 Å². The highest BCUT2D eigenvalue weighted by Crippen LogP contribution is 2.45. The number of esters is 1. The smallest absolute Gasteiger partial charge is 0.410 e. The van der Waals surface area contributed by atoms with Crippen molar-refractivity contribution < 1.29 is 38.8 Å². The summed E-state index contributed by atoms with van der Waals surface area (Å²) in [6.45, 7) is 26.4. The number of aromatic hydroxyl groups is 1. The molecule has 0 aromatic heterocycles. The average Bonchev–Trinajstić information content (AvgIpc) is 1.70. The van der Waals surface area contributed by atoms with Gasteiger partial charge in [0.05, 0.1) is 19.2 Å². The van der Waals surface area contributed by atoms with E-state index in [-0.39, 0.29) is 48.5 Å². The number of nitrogens with two attached hydrogens (primary N) is 1. The number of phenols is 1. The first-order valence-electron chi connectivity index (χ1n) is 40.4. The standard InChI is InChI=1S/C28H30N2O2.C23H26N2O2.C22H31NO3.C22H31NO/c29-27(31)28(23-7-3-1-4-8-23,24-9-5-2-6-10-24)25-14-17-30(20-25)16-13-21-11-12-26-22(19-21)15-18-32-26;26-23(27-21-16-24-13-10-18(21)11-14-24)25-15-12-17-6-4-5-9-20(17)22(25)19-7-2-1-3-8-19;1-3-23(4-2)17-11-12-18-26-21(24)22(25,19-13-7-5-8-14-19)20-15-9-6-10-16-20;1-16(2)23(17(3)4)14-13-20(19-9-7-6-8-10-19)21-15-18(5)11-12-22(21)24/h1-12,19,25H,13-18,20H2,(H2,29,31);1-9,18,21-22H,10-16H2;5,7-8,13-14,20,25H,3-4,6,9-10,15-18H2,1-2H3;6-12,15-17,20,24H,13-14H2,1-5H3/t;21?,22-;;20-/m.0.1/s1. The van der Waals surface area contributed by atoms with Crippen LogP contribution in [0.25, 0.3) is 0 Å². The number of benzene rings is 8. The highest BCUT2D eigenvalue weighted by atomic mass is 16.6. The number of nitrogens with zero attached hydrogens (tertiary/aromatic N) is 5. The second-order valence-electron chi connectivity index (χ2n) is 31.1. The van der Waals surface area contributed by atoms with Crippen LogP contribution in [0.3, 0.4) is 0 Å². The number of aliphatic hydroxyl groups is 1. The number of phenolic OH excluding ortho intramolecular Hbond substituents is 1. The first-order valence-corrected chi connectivity index (χ1v) is 40.4. The Bertz CT molecular complexity index is 4160. The number of fused-ring (bicyclic) bond motifs is 5. The number of ether oxygens (including phenoxy) is 3. The number of primary amides is 1. The van der Waals surface area contributed by atoms with Gasteiger partial charge in [-0.3, -0.25) is 24.4 Å². The number of likely N-dealkylation sites (tertiary alicyclic amines) is 1. The molecule has 0 radical (unpaired) electrons. The lowest BCUT2D eigenvalue weighted by atomic mass is 9.64. The maximum atomic E-state index is 13.2. The maximum absolute atomic E-state index is 13.2. The predicted molar refractivity (Wildman–Crippen MR) is 437 cm³/mol. The fourth-order valence-electron chi connectivity index (χ4n) is 17.7. The number of amides is 2. The topological polar surface area (TPSA) is 162 Å². The van der Waals surface area contributed by atoms with E-state index in [0.717, 1.165) is 171 Å². The van der Waals surface area contributed by atoms with Crippen LogP contribution in [-0.4, -0.2) is 156 Å². The van der Waals surface area contributed by atoms with E-state index in [9.17, 15) is 24.6 Å². The van der Waals surface area contributed by atoms with Crippen LogP contribution < -0.4 is 10.5 Å². The zero-order valence-corrected chi connectivity index (χ0v) is 65.7. The van der Waals surface area contributed by atoms with Gasteiger partial charge in [0.2, 0.25) is 5.91 Å². The number of piperidine rings is 3. The van der Waals surface area contributed by atoms with Crippen LogP contribution in [-0.2, 0) is 49.3 Å². The fourth-order valence-corrected chi connectivity index (χ4v) is 17.7. The molecule has 14 heteroatoms. The molecule has 4 saturated heterocycles. The van der Waals surface area contributed by atoms with Crippen LogP contribution in [0.5, 0.6) is 11.5 Å². The minimum atomic E-state index is -1.58. The predicted octanol–water partition coefficient (Wildman–Crippen LogP) is 16.5. The number of rotatable bonds is 23. The van der Waals surface area contributed by atoms with Crippen molar-refractivity contribution in [3.8, 4) is 23.3 Å². The van der Waals surface area contributed by atoms with E-state index < -0.39 is 17.0 Å². The SMILES string of the molecule is CCN(CC)CC#CCOC(=O)C(O)(c1ccccc1)C1CCCCC1.Cc1ccc(O)c([C@H](CCN(C(C)C)C(C)C)c2ccccc2)c1.NC(=O)C(c1ccccc1)(c1ccccc1)C1CCN(CCc2ccc3c(c2)CCO3)C1.O=C(OC1CN2CCC1CC2)N1CCc2ccccc2[C@@H]1c1ccccc1. The Morgan fingerprint density at radius 1 is 0.642 bits per heavy atom. The molecule has 8 aromatic rings. The van der Waals surface area contributed by atoms with Crippen LogP contribution in [0.15, 0.2) is 212 Å². The van der Waals surface area contributed by atoms with Crippen LogP contribution in [0, 0.1) is 36.5 Å². The Labute approximate surface area is 650 Å². The molecule has 2 amide bonds. The molecule has 109 heavy (non-hydrogen) atoms. The molecule has 3 unspecified atom stereocenters. The summed E-state index contributed by atoms with van der Waals surface area (Å²) < 4.78 is 17.1. The number of aryl methyl sites for hydroxylation is 1. The summed E-state index contributed by atoms with van der Waals surface area (Å²) in [5.74, 6) is 7.30. The van der Waals surface area contributed by atoms with Crippen LogP contribution in [0.2, 0.25) is 0 Å². The second kappa shape index (κ2) is 39.5. The summed E-state index contributed by atoms with van der Waals surface area (Å²) in [6.07, 6.45) is 12.0. The molecule has 1 saturated carbocycles. The van der Waals surface area contributed by atoms with E-state index >= 15 is 0 Å². The summed E-state index contributed by atoms with van der Waals surface area (Å²) in [5, 5.41) is 21.8. The van der Waals surface area contributed by atoms with E-state index in [1.165, 1.54) is 33.4 Å². The van der Waals surface area contributed by atoms with Crippen LogP contribution in [0.4, 0.5) is 4.79 Å². The zero-order valence-electron chi connectivity index (χ0n) is 65.7. The molecule has 5 fully saturated rings. The minimum Gasteiger partial charge on any atom is -0.508 e. The molecular formula is C95H118N6O8. The van der Waals surface area contributed by atoms with Crippen LogP contribution >= 0.6 is 0 Å². The lowest BCUT2D eigenvalue weighted by Crippen LogP contribution is -2.53. The summed E-state index contributed by atoms with van der Waals surface area (Å²) in [4.78, 5) is 50.8. The van der Waals surface area contributed by atoms with E-state index in [4.69, 9.17) is 19.9 Å². The largest absolute Gasteiger partial charge is 0.508 e. The maximum Gasteiger partial charge on any atom is 0.410 e. The Morgan fingerprint density at radius 3 is 1.87 bits per heavy atom. The third-order valence-corrected chi connectivity index (χ3v) is 23.8. The molecule has 5 atom stereocenters. The van der Waals surface area contributed by atoms with E-state index in [1.807, 2.05) is 132 Å². The Hall–Kier alpha value is -9.07. The van der Waals surface area contributed by atoms with Gasteiger partial charge in [-0.15, -0.1) is 0 Å². The Balaban J connectivity index is 0.000000145. The third kappa shape index (κ3) is 20.3. The Kier molecular flexibility index (Phi) is 29.3. The van der Waals surface area contributed by atoms with Gasteiger partial charge in [0.25, 0.3) is 0 Å². The van der Waals surface area contributed by atoms with Gasteiger partial charge >= 0.3 is 12.1 Å². The lowest BCUT2D eigenvalue weighted by Gasteiger charge is -2.45. The average molecular weight is 1470 g/mol. The molecule has 8 aromatic carbocycles. The van der Waals surface area contributed by atoms with Crippen molar-refractivity contribution in [3.63, 3.8) is 0 Å². The number of hydrogen-bond donors (Lipinski definition) is 3. The molecule has 15 rings (SSSR count). The minimum absolute atomic E-state index is 0.0158. The quantitative estimate of drug-likeness (QED) is 0.0411. The van der Waals surface area contributed by atoms with Crippen molar-refractivity contribution >= 4 is 18.0 Å². The highest BCUT2D eigenvalue weighted by Gasteiger charge is 2.50. The van der Waals surface area contributed by atoms with Crippen molar-refractivity contribution in [2.45, 2.75) is 167 Å². The van der Waals surface area contributed by atoms with Gasteiger partial charge in [0.1, 0.15) is 23.0 Å². The fraction of sp³-hybridized carbons (Fsp3) is 0.442. The van der Waals surface area contributed by atoms with Gasteiger partial charge in [-0.25, -0.2) is 9.59 Å². The summed E-state index contributed by atoms with van der Waals surface area (Å²) in [7, 11) is 0. The number of carbonyl (C=O) groups excluding carboxylic acids is 3. The third-order valence-electron chi connectivity index (χ3n) is 23.8. The van der Waals surface area contributed by atoms with Gasteiger partial charge in [0.15, 0.2) is 12.2 Å². The van der Waals surface area contributed by atoms with Gasteiger partial charge in [-0.05, 0) is 199 Å². The molecule has 6 heterocycles. The zero-order chi connectivity index (χ0) is 76.7. The molecule has 7 aliphatic rings. The van der Waals surface area contributed by atoms with Crippen LogP contribution in [0.1, 0.15) is 172 Å². The molecule has 0 spiro atoms. The Morgan fingerprint density at radius 2 is 1.26 bits per heavy atom. The van der Waals surface area contributed by atoms with Gasteiger partial charge in [-0.2, -0.15) is 0 Å². The molecule has 14 nitrogen and oxygen atoms in total. The monoisotopic (exact) mass is 1470 g/mol. The molecular weight excluding hydrogens is 1350 g/mol. The molecule has 6 aliphatic heterocycles. The first-order chi connectivity index (χ1) is 53.0. The van der Waals surface area contributed by atoms with E-state index in [0.29, 0.717) is 42.4 Å². The van der Waals surface area contributed by atoms with Crippen molar-refractivity contribution in [1.82, 2.24) is 24.5 Å². The summed E-state index contributed by atoms with van der Waals surface area (Å²) >= 11 is 0. The second-order valence-corrected chi connectivity index (χ2v) is 31.1. The van der Waals surface area contributed by atoms with Crippen molar-refractivity contribution in [3.05, 3.63) is 274 Å². The summed E-state index contributed by atoms with van der Waals surface area (Å²) in [6, 6.07) is 72.2. The van der Waals surface area contributed by atoms with Crippen molar-refractivity contribution in [2.24, 2.45) is 23.5 Å². The van der Waals surface area contributed by atoms with Crippen molar-refractivity contribution in [2.75, 3.05) is 85.2 Å². The molecule has 576 valence electrons. The molecule has 1 aliphatic carbocycles. The number of hydrogen-bond acceptors (Lipinski definition) is 12.